The van der Waals surface area contributed by atoms with Gasteiger partial charge in [-0.3, -0.25) is 10.1 Å². The number of carboxylic acid groups (broad SMARTS) is 2. The summed E-state index contributed by atoms with van der Waals surface area (Å²) >= 11 is 0. The zero-order chi connectivity index (χ0) is 18.8. The Balaban J connectivity index is 2.39. The van der Waals surface area contributed by atoms with Crippen LogP contribution < -0.4 is 4.18 Å². The van der Waals surface area contributed by atoms with Crippen LogP contribution in [0.5, 0.6) is 5.75 Å². The van der Waals surface area contributed by atoms with E-state index in [9.17, 15) is 28.1 Å². The number of benzene rings is 2. The maximum absolute atomic E-state index is 12.2. The van der Waals surface area contributed by atoms with Crippen molar-refractivity contribution in [3.63, 3.8) is 0 Å². The second-order valence-electron chi connectivity index (χ2n) is 4.61. The summed E-state index contributed by atoms with van der Waals surface area (Å²) < 4.78 is 29.1. The molecule has 130 valence electrons. The molecule has 2 aromatic carbocycles. The first-order valence-electron chi connectivity index (χ1n) is 6.41. The van der Waals surface area contributed by atoms with E-state index in [1.54, 1.807) is 0 Å². The molecule has 10 nitrogen and oxygen atoms in total. The van der Waals surface area contributed by atoms with Crippen LogP contribution in [0.15, 0.2) is 47.4 Å². The number of nitro groups is 1. The van der Waals surface area contributed by atoms with E-state index in [1.807, 2.05) is 0 Å². The van der Waals surface area contributed by atoms with Crippen molar-refractivity contribution >= 4 is 27.7 Å². The van der Waals surface area contributed by atoms with Crippen LogP contribution in [0.4, 0.5) is 5.69 Å². The lowest BCUT2D eigenvalue weighted by atomic mass is 10.1. The van der Waals surface area contributed by atoms with E-state index in [-0.39, 0.29) is 11.4 Å². The molecule has 0 aliphatic carbocycles. The fourth-order valence-electron chi connectivity index (χ4n) is 1.84. The SMILES string of the molecule is O=C(O)c1ccc(S(=O)(=O)Oc2ccc([N+](=O)[O-])cc2)cc1C(=O)O. The van der Waals surface area contributed by atoms with E-state index >= 15 is 0 Å². The van der Waals surface area contributed by atoms with E-state index in [0.29, 0.717) is 6.07 Å². The normalized spacial score (nSPS) is 10.9. The summed E-state index contributed by atoms with van der Waals surface area (Å²) in [5, 5.41) is 28.5. The predicted octanol–water partition coefficient (Wildman–Crippen LogP) is 1.76. The molecule has 2 N–H and O–H groups in total. The first-order chi connectivity index (χ1) is 11.6. The summed E-state index contributed by atoms with van der Waals surface area (Å²) in [5.41, 5.74) is -1.58. The van der Waals surface area contributed by atoms with Crippen molar-refractivity contribution in [1.29, 1.82) is 0 Å². The Labute approximate surface area is 140 Å². The molecule has 0 atom stereocenters. The first kappa shape index (κ1) is 17.9. The summed E-state index contributed by atoms with van der Waals surface area (Å²) in [6.07, 6.45) is 0. The van der Waals surface area contributed by atoms with Gasteiger partial charge in [-0.15, -0.1) is 0 Å². The van der Waals surface area contributed by atoms with Gasteiger partial charge in [-0.25, -0.2) is 9.59 Å². The fraction of sp³-hybridized carbons (Fsp3) is 0. The van der Waals surface area contributed by atoms with Crippen molar-refractivity contribution in [1.82, 2.24) is 0 Å². The molecule has 0 radical (unpaired) electrons. The van der Waals surface area contributed by atoms with E-state index in [1.165, 1.54) is 0 Å². The summed E-state index contributed by atoms with van der Waals surface area (Å²) in [5.74, 6) is -3.38. The molecule has 0 saturated carbocycles. The minimum atomic E-state index is -4.47. The Hall–Kier alpha value is -3.47. The van der Waals surface area contributed by atoms with Gasteiger partial charge in [-0.05, 0) is 30.3 Å². The van der Waals surface area contributed by atoms with E-state index in [0.717, 1.165) is 36.4 Å². The highest BCUT2D eigenvalue weighted by Crippen LogP contribution is 2.23. The van der Waals surface area contributed by atoms with Crippen LogP contribution in [-0.4, -0.2) is 35.5 Å². The third kappa shape index (κ3) is 3.90. The molecule has 2 aromatic rings. The van der Waals surface area contributed by atoms with E-state index in [2.05, 4.69) is 0 Å². The molecule has 0 unspecified atom stereocenters. The second-order valence-corrected chi connectivity index (χ2v) is 6.15. The number of rotatable bonds is 6. The summed E-state index contributed by atoms with van der Waals surface area (Å²) in [6.45, 7) is 0. The van der Waals surface area contributed by atoms with Gasteiger partial charge in [0.05, 0.1) is 16.1 Å². The fourth-order valence-corrected chi connectivity index (χ4v) is 2.80. The van der Waals surface area contributed by atoms with Gasteiger partial charge < -0.3 is 14.4 Å². The van der Waals surface area contributed by atoms with Crippen LogP contribution in [0.1, 0.15) is 20.7 Å². The van der Waals surface area contributed by atoms with Crippen LogP contribution in [0.3, 0.4) is 0 Å². The molecule has 11 heteroatoms. The van der Waals surface area contributed by atoms with Gasteiger partial charge >= 0.3 is 22.1 Å². The van der Waals surface area contributed by atoms with Gasteiger partial charge in [0.2, 0.25) is 0 Å². The number of hydrogen-bond acceptors (Lipinski definition) is 7. The number of nitrogens with zero attached hydrogens (tertiary/aromatic N) is 1. The van der Waals surface area contributed by atoms with Crippen LogP contribution in [0.2, 0.25) is 0 Å². The molecule has 0 heterocycles. The van der Waals surface area contributed by atoms with Crippen LogP contribution >= 0.6 is 0 Å². The van der Waals surface area contributed by atoms with Gasteiger partial charge in [0.1, 0.15) is 10.6 Å². The topological polar surface area (TPSA) is 161 Å². The van der Waals surface area contributed by atoms with Crippen molar-refractivity contribution < 1.29 is 37.3 Å². The van der Waals surface area contributed by atoms with Gasteiger partial charge in [0.25, 0.3) is 5.69 Å². The third-order valence-electron chi connectivity index (χ3n) is 2.99. The van der Waals surface area contributed by atoms with E-state index < -0.39 is 43.0 Å². The number of aromatic carboxylic acids is 2. The Kier molecular flexibility index (Phi) is 4.70. The van der Waals surface area contributed by atoms with Crippen molar-refractivity contribution in [2.24, 2.45) is 0 Å². The van der Waals surface area contributed by atoms with Gasteiger partial charge in [0.15, 0.2) is 0 Å². The van der Waals surface area contributed by atoms with Gasteiger partial charge in [0, 0.05) is 12.1 Å². The van der Waals surface area contributed by atoms with Crippen molar-refractivity contribution in [2.75, 3.05) is 0 Å². The number of carbonyl (C=O) groups is 2. The highest BCUT2D eigenvalue weighted by Gasteiger charge is 2.23. The summed E-state index contributed by atoms with van der Waals surface area (Å²) in [7, 11) is -4.47. The highest BCUT2D eigenvalue weighted by molar-refractivity contribution is 7.87. The average molecular weight is 367 g/mol. The van der Waals surface area contributed by atoms with E-state index in [4.69, 9.17) is 14.4 Å². The standard InChI is InChI=1S/C14H9NO9S/c16-13(17)11-6-5-10(7-12(11)14(18)19)25(22,23)24-9-3-1-8(2-4-9)15(20)21/h1-7H,(H,16,17)(H,18,19). The molecular formula is C14H9NO9S. The molecule has 0 bridgehead atoms. The molecule has 2 rings (SSSR count). The minimum absolute atomic E-state index is 0.232. The Morgan fingerprint density at radius 2 is 1.52 bits per heavy atom. The van der Waals surface area contributed by atoms with Crippen LogP contribution in [0.25, 0.3) is 0 Å². The number of non-ortho nitro benzene ring substituents is 1. The Morgan fingerprint density at radius 1 is 0.960 bits per heavy atom. The predicted molar refractivity (Wildman–Crippen MR) is 81.3 cm³/mol. The molecule has 0 spiro atoms. The van der Waals surface area contributed by atoms with Gasteiger partial charge in [-0.1, -0.05) is 0 Å². The van der Waals surface area contributed by atoms with Crippen molar-refractivity contribution in [3.8, 4) is 5.75 Å². The van der Waals surface area contributed by atoms with Crippen LogP contribution in [-0.2, 0) is 10.1 Å². The second kappa shape index (κ2) is 6.57. The molecule has 0 aliphatic rings. The zero-order valence-electron chi connectivity index (χ0n) is 12.1. The highest BCUT2D eigenvalue weighted by atomic mass is 32.2. The van der Waals surface area contributed by atoms with Crippen LogP contribution in [0, 0.1) is 10.1 Å². The number of nitro benzene ring substituents is 1. The largest absolute Gasteiger partial charge is 0.478 e. The first-order valence-corrected chi connectivity index (χ1v) is 7.82. The molecule has 0 saturated heterocycles. The maximum atomic E-state index is 12.2. The molecule has 0 amide bonds. The summed E-state index contributed by atoms with van der Waals surface area (Å²) in [6, 6.07) is 6.54. The quantitative estimate of drug-likeness (QED) is 0.440. The third-order valence-corrected chi connectivity index (χ3v) is 4.24. The lowest BCUT2D eigenvalue weighted by Crippen LogP contribution is -2.13. The smallest absolute Gasteiger partial charge is 0.339 e. The molecule has 25 heavy (non-hydrogen) atoms. The molecule has 0 aromatic heterocycles. The monoisotopic (exact) mass is 367 g/mol. The molecule has 0 fully saturated rings. The minimum Gasteiger partial charge on any atom is -0.478 e. The van der Waals surface area contributed by atoms with Gasteiger partial charge in [-0.2, -0.15) is 8.42 Å². The summed E-state index contributed by atoms with van der Waals surface area (Å²) in [4.78, 5) is 31.4. The average Bonchev–Trinajstić information content (AvgIpc) is 2.54. The van der Waals surface area contributed by atoms with Crippen molar-refractivity contribution in [2.45, 2.75) is 4.90 Å². The zero-order valence-corrected chi connectivity index (χ0v) is 13.0. The molecule has 0 aliphatic heterocycles. The van der Waals surface area contributed by atoms with Crippen molar-refractivity contribution in [3.05, 3.63) is 63.7 Å². The Morgan fingerprint density at radius 3 is 2.00 bits per heavy atom. The lowest BCUT2D eigenvalue weighted by molar-refractivity contribution is -0.384. The number of carboxylic acids is 2. The Bertz CT molecular complexity index is 964. The maximum Gasteiger partial charge on any atom is 0.339 e. The molecular weight excluding hydrogens is 358 g/mol. The number of hydrogen-bond donors (Lipinski definition) is 2. The lowest BCUT2D eigenvalue weighted by Gasteiger charge is -2.09.